The predicted molar refractivity (Wildman–Crippen MR) is 63.7 cm³/mol. The Balaban J connectivity index is 2.04. The van der Waals surface area contributed by atoms with E-state index in [0.29, 0.717) is 5.84 Å². The minimum atomic E-state index is 0.0620. The lowest BCUT2D eigenvalue weighted by Crippen LogP contribution is -2.40. The summed E-state index contributed by atoms with van der Waals surface area (Å²) in [5, 5.41) is 15.0. The number of hydrogen-bond acceptors (Lipinski definition) is 5. The van der Waals surface area contributed by atoms with Crippen LogP contribution in [0.1, 0.15) is 23.5 Å². The van der Waals surface area contributed by atoms with Gasteiger partial charge in [-0.2, -0.15) is 0 Å². The average Bonchev–Trinajstić information content (AvgIpc) is 2.87. The number of rotatable bonds is 3. The first-order valence-electron chi connectivity index (χ1n) is 5.33. The van der Waals surface area contributed by atoms with Crippen LogP contribution < -0.4 is 5.73 Å². The van der Waals surface area contributed by atoms with Gasteiger partial charge in [0.2, 0.25) is 0 Å². The quantitative estimate of drug-likeness (QED) is 0.360. The van der Waals surface area contributed by atoms with E-state index in [2.05, 4.69) is 20.4 Å². The van der Waals surface area contributed by atoms with Gasteiger partial charge < -0.3 is 10.9 Å². The van der Waals surface area contributed by atoms with E-state index < -0.39 is 0 Å². The third-order valence-electron chi connectivity index (χ3n) is 2.85. The predicted octanol–water partition coefficient (Wildman–Crippen LogP) is 1.16. The second-order valence-electron chi connectivity index (χ2n) is 4.01. The molecule has 1 saturated heterocycles. The van der Waals surface area contributed by atoms with Crippen LogP contribution in [0.3, 0.4) is 0 Å². The summed E-state index contributed by atoms with van der Waals surface area (Å²) < 4.78 is 0. The van der Waals surface area contributed by atoms with E-state index in [4.69, 9.17) is 10.9 Å². The SMILES string of the molecule is Cc1nc(CN2CCCC2C(N)=NO)cs1. The molecule has 88 valence electrons. The first-order valence-corrected chi connectivity index (χ1v) is 6.21. The minimum absolute atomic E-state index is 0.0620. The van der Waals surface area contributed by atoms with Gasteiger partial charge in [-0.1, -0.05) is 5.16 Å². The standard InChI is InChI=1S/C10H16N4OS/c1-7-12-8(6-16-7)5-14-4-2-3-9(14)10(11)13-15/h6,9,15H,2-5H2,1H3,(H2,11,13). The summed E-state index contributed by atoms with van der Waals surface area (Å²) in [6.45, 7) is 3.77. The molecule has 1 fully saturated rings. The van der Waals surface area contributed by atoms with Gasteiger partial charge in [0.05, 0.1) is 16.7 Å². The van der Waals surface area contributed by atoms with Crippen molar-refractivity contribution in [3.8, 4) is 0 Å². The van der Waals surface area contributed by atoms with Gasteiger partial charge in [-0.3, -0.25) is 4.90 Å². The van der Waals surface area contributed by atoms with Gasteiger partial charge in [-0.15, -0.1) is 11.3 Å². The number of amidine groups is 1. The van der Waals surface area contributed by atoms with Crippen LogP contribution in [0.5, 0.6) is 0 Å². The third-order valence-corrected chi connectivity index (χ3v) is 3.67. The topological polar surface area (TPSA) is 74.7 Å². The molecular formula is C10H16N4OS. The second kappa shape index (κ2) is 4.80. The summed E-state index contributed by atoms with van der Waals surface area (Å²) >= 11 is 1.65. The van der Waals surface area contributed by atoms with E-state index in [9.17, 15) is 0 Å². The van der Waals surface area contributed by atoms with Crippen molar-refractivity contribution in [3.05, 3.63) is 16.1 Å². The molecule has 0 radical (unpaired) electrons. The molecule has 0 bridgehead atoms. The van der Waals surface area contributed by atoms with Crippen molar-refractivity contribution in [3.63, 3.8) is 0 Å². The first-order chi connectivity index (χ1) is 7.70. The van der Waals surface area contributed by atoms with E-state index in [0.717, 1.165) is 36.6 Å². The minimum Gasteiger partial charge on any atom is -0.409 e. The molecule has 1 aliphatic heterocycles. The highest BCUT2D eigenvalue weighted by molar-refractivity contribution is 7.09. The summed E-state index contributed by atoms with van der Waals surface area (Å²) in [4.78, 5) is 6.64. The number of likely N-dealkylation sites (tertiary alicyclic amines) is 1. The summed E-state index contributed by atoms with van der Waals surface area (Å²) in [7, 11) is 0. The Morgan fingerprint density at radius 3 is 3.25 bits per heavy atom. The molecule has 0 aromatic carbocycles. The Morgan fingerprint density at radius 2 is 2.62 bits per heavy atom. The van der Waals surface area contributed by atoms with Crippen molar-refractivity contribution in [2.45, 2.75) is 32.4 Å². The molecule has 3 N–H and O–H groups in total. The van der Waals surface area contributed by atoms with Crippen LogP contribution in [0.15, 0.2) is 10.5 Å². The van der Waals surface area contributed by atoms with Crippen LogP contribution in [0.25, 0.3) is 0 Å². The highest BCUT2D eigenvalue weighted by Crippen LogP contribution is 2.20. The first kappa shape index (κ1) is 11.3. The number of oxime groups is 1. The summed E-state index contributed by atoms with van der Waals surface area (Å²) in [5.74, 6) is 0.310. The van der Waals surface area contributed by atoms with Crippen LogP contribution in [-0.2, 0) is 6.54 Å². The summed E-state index contributed by atoms with van der Waals surface area (Å²) in [5.41, 5.74) is 6.74. The van der Waals surface area contributed by atoms with Crippen LogP contribution >= 0.6 is 11.3 Å². The van der Waals surface area contributed by atoms with Gasteiger partial charge in [-0.05, 0) is 26.3 Å². The van der Waals surface area contributed by atoms with Crippen molar-refractivity contribution >= 4 is 17.2 Å². The Hall–Kier alpha value is -1.14. The maximum atomic E-state index is 8.71. The van der Waals surface area contributed by atoms with Crippen LogP contribution in [0, 0.1) is 6.92 Å². The number of nitrogens with two attached hydrogens (primary N) is 1. The monoisotopic (exact) mass is 240 g/mol. The maximum absolute atomic E-state index is 8.71. The van der Waals surface area contributed by atoms with Crippen LogP contribution in [-0.4, -0.2) is 33.5 Å². The number of nitrogens with zero attached hydrogens (tertiary/aromatic N) is 3. The Morgan fingerprint density at radius 1 is 1.81 bits per heavy atom. The third kappa shape index (κ3) is 2.33. The number of thiazole rings is 1. The molecule has 5 nitrogen and oxygen atoms in total. The zero-order valence-electron chi connectivity index (χ0n) is 9.26. The van der Waals surface area contributed by atoms with Gasteiger partial charge in [0, 0.05) is 11.9 Å². The van der Waals surface area contributed by atoms with Gasteiger partial charge in [0.1, 0.15) is 0 Å². The highest BCUT2D eigenvalue weighted by Gasteiger charge is 2.28. The zero-order valence-corrected chi connectivity index (χ0v) is 10.1. The van der Waals surface area contributed by atoms with Gasteiger partial charge in [0.15, 0.2) is 5.84 Å². The van der Waals surface area contributed by atoms with Crippen LogP contribution in [0.4, 0.5) is 0 Å². The molecule has 6 heteroatoms. The zero-order chi connectivity index (χ0) is 11.5. The Labute approximate surface area is 98.6 Å². The average molecular weight is 240 g/mol. The molecule has 2 heterocycles. The lowest BCUT2D eigenvalue weighted by molar-refractivity contribution is 0.273. The van der Waals surface area contributed by atoms with Gasteiger partial charge in [-0.25, -0.2) is 4.98 Å². The molecule has 1 aromatic heterocycles. The van der Waals surface area contributed by atoms with Crippen molar-refractivity contribution in [2.75, 3.05) is 6.54 Å². The smallest absolute Gasteiger partial charge is 0.156 e. The molecule has 0 aliphatic carbocycles. The van der Waals surface area contributed by atoms with E-state index in [-0.39, 0.29) is 6.04 Å². The molecule has 1 aromatic rings. The van der Waals surface area contributed by atoms with Crippen molar-refractivity contribution < 1.29 is 5.21 Å². The number of aromatic nitrogens is 1. The van der Waals surface area contributed by atoms with E-state index in [1.54, 1.807) is 11.3 Å². The van der Waals surface area contributed by atoms with E-state index >= 15 is 0 Å². The van der Waals surface area contributed by atoms with Crippen molar-refractivity contribution in [1.29, 1.82) is 0 Å². The van der Waals surface area contributed by atoms with E-state index in [1.165, 1.54) is 0 Å². The van der Waals surface area contributed by atoms with E-state index in [1.807, 2.05) is 6.92 Å². The fraction of sp³-hybridized carbons (Fsp3) is 0.600. The molecule has 1 aliphatic rings. The number of aryl methyl sites for hydroxylation is 1. The Kier molecular flexibility index (Phi) is 3.40. The molecule has 0 saturated carbocycles. The lowest BCUT2D eigenvalue weighted by atomic mass is 10.2. The molecular weight excluding hydrogens is 224 g/mol. The molecule has 1 unspecified atom stereocenters. The maximum Gasteiger partial charge on any atom is 0.156 e. The lowest BCUT2D eigenvalue weighted by Gasteiger charge is -2.21. The number of hydrogen-bond donors (Lipinski definition) is 2. The van der Waals surface area contributed by atoms with Crippen molar-refractivity contribution in [1.82, 2.24) is 9.88 Å². The van der Waals surface area contributed by atoms with Gasteiger partial charge in [0.25, 0.3) is 0 Å². The molecule has 0 amide bonds. The highest BCUT2D eigenvalue weighted by atomic mass is 32.1. The fourth-order valence-electron chi connectivity index (χ4n) is 2.11. The fourth-order valence-corrected chi connectivity index (χ4v) is 2.71. The largest absolute Gasteiger partial charge is 0.409 e. The molecule has 16 heavy (non-hydrogen) atoms. The molecule has 0 spiro atoms. The Bertz CT molecular complexity index is 390. The second-order valence-corrected chi connectivity index (χ2v) is 5.07. The van der Waals surface area contributed by atoms with Crippen molar-refractivity contribution in [2.24, 2.45) is 10.9 Å². The van der Waals surface area contributed by atoms with Gasteiger partial charge >= 0.3 is 0 Å². The molecule has 1 atom stereocenters. The molecule has 2 rings (SSSR count). The normalized spacial score (nSPS) is 22.8. The summed E-state index contributed by atoms with van der Waals surface area (Å²) in [6.07, 6.45) is 2.04. The van der Waals surface area contributed by atoms with Crippen LogP contribution in [0.2, 0.25) is 0 Å². The summed E-state index contributed by atoms with van der Waals surface area (Å²) in [6, 6.07) is 0.0620.